The quantitative estimate of drug-likeness (QED) is 0.0320. The van der Waals surface area contributed by atoms with Crippen LogP contribution in [0.3, 0.4) is 0 Å². The number of aliphatic hydroxyl groups excluding tert-OH is 2. The zero-order chi connectivity index (χ0) is 54.3. The Morgan fingerprint density at radius 2 is 0.627 bits per heavy atom. The minimum atomic E-state index is -0.669. The van der Waals surface area contributed by atoms with Crippen molar-refractivity contribution in [3.05, 3.63) is 12.2 Å². The first-order chi connectivity index (χ1) is 37.0. The first-order valence-electron chi connectivity index (χ1n) is 34.4. The maximum atomic E-state index is 12.5. The zero-order valence-electron chi connectivity index (χ0n) is 51.1. The summed E-state index contributed by atoms with van der Waals surface area (Å²) in [5.74, 6) is -0.0289. The predicted octanol–water partition coefficient (Wildman–Crippen LogP) is 22.0. The molecule has 75 heavy (non-hydrogen) atoms. The van der Waals surface area contributed by atoms with E-state index >= 15 is 0 Å². The van der Waals surface area contributed by atoms with Crippen LogP contribution >= 0.6 is 0 Å². The summed E-state index contributed by atoms with van der Waals surface area (Å²) in [7, 11) is 0. The normalized spacial score (nSPS) is 12.5. The topological polar surface area (TPSA) is 95.9 Å². The van der Waals surface area contributed by atoms with Gasteiger partial charge in [-0.2, -0.15) is 0 Å². The number of rotatable bonds is 65. The summed E-state index contributed by atoms with van der Waals surface area (Å²) in [6, 6.07) is -0.546. The molecule has 2 atom stereocenters. The molecule has 0 spiro atoms. The van der Waals surface area contributed by atoms with Gasteiger partial charge in [0.25, 0.3) is 0 Å². The Kier molecular flexibility index (Phi) is 63.9. The molecule has 446 valence electrons. The van der Waals surface area contributed by atoms with Crippen LogP contribution in [0.15, 0.2) is 12.2 Å². The second-order valence-corrected chi connectivity index (χ2v) is 23.9. The molecule has 0 aliphatic rings. The van der Waals surface area contributed by atoms with Crippen molar-refractivity contribution in [2.75, 3.05) is 13.2 Å². The lowest BCUT2D eigenvalue weighted by molar-refractivity contribution is -0.143. The maximum absolute atomic E-state index is 12.5. The van der Waals surface area contributed by atoms with Crippen LogP contribution in [0.1, 0.15) is 393 Å². The first-order valence-corrected chi connectivity index (χ1v) is 34.4. The van der Waals surface area contributed by atoms with Gasteiger partial charge in [0, 0.05) is 12.8 Å². The van der Waals surface area contributed by atoms with Crippen LogP contribution in [0.25, 0.3) is 0 Å². The molecule has 0 saturated heterocycles. The van der Waals surface area contributed by atoms with Crippen molar-refractivity contribution < 1.29 is 24.5 Å². The molecule has 1 amide bonds. The molecule has 0 heterocycles. The van der Waals surface area contributed by atoms with Crippen molar-refractivity contribution in [2.45, 2.75) is 405 Å². The van der Waals surface area contributed by atoms with E-state index in [2.05, 4.69) is 31.3 Å². The van der Waals surface area contributed by atoms with E-state index in [0.717, 1.165) is 44.9 Å². The highest BCUT2D eigenvalue weighted by Crippen LogP contribution is 2.19. The number of allylic oxidation sites excluding steroid dienone is 2. The highest BCUT2D eigenvalue weighted by molar-refractivity contribution is 5.76. The fourth-order valence-electron chi connectivity index (χ4n) is 11.1. The van der Waals surface area contributed by atoms with E-state index in [4.69, 9.17) is 4.74 Å². The smallest absolute Gasteiger partial charge is 0.305 e. The summed E-state index contributed by atoms with van der Waals surface area (Å²) in [5, 5.41) is 23.4. The lowest BCUT2D eigenvalue weighted by Crippen LogP contribution is -2.45. The number of esters is 1. The van der Waals surface area contributed by atoms with Crippen molar-refractivity contribution in [1.29, 1.82) is 0 Å². The van der Waals surface area contributed by atoms with Gasteiger partial charge in [0.1, 0.15) is 0 Å². The van der Waals surface area contributed by atoms with Gasteiger partial charge in [0.15, 0.2) is 0 Å². The number of ether oxygens (including phenoxy) is 1. The molecule has 0 aliphatic carbocycles. The number of amides is 1. The Balaban J connectivity index is 3.39. The van der Waals surface area contributed by atoms with Gasteiger partial charge in [-0.05, 0) is 51.4 Å². The number of carbonyl (C=O) groups is 2. The highest BCUT2D eigenvalue weighted by Gasteiger charge is 2.20. The average molecular weight is 1060 g/mol. The first kappa shape index (κ1) is 73.6. The molecule has 6 heteroatoms. The van der Waals surface area contributed by atoms with Gasteiger partial charge in [-0.25, -0.2) is 0 Å². The lowest BCUT2D eigenvalue weighted by Gasteiger charge is -2.22. The van der Waals surface area contributed by atoms with Crippen LogP contribution in [0.5, 0.6) is 0 Å². The minimum absolute atomic E-state index is 0.00647. The minimum Gasteiger partial charge on any atom is -0.466 e. The van der Waals surface area contributed by atoms with Gasteiger partial charge in [-0.15, -0.1) is 0 Å². The van der Waals surface area contributed by atoms with Crippen LogP contribution in [-0.2, 0) is 14.3 Å². The summed E-state index contributed by atoms with van der Waals surface area (Å²) in [6.07, 6.45) is 79.5. The summed E-state index contributed by atoms with van der Waals surface area (Å²) in [6.45, 7) is 4.98. The molecule has 0 rings (SSSR count). The molecule has 0 fully saturated rings. The predicted molar refractivity (Wildman–Crippen MR) is 329 cm³/mol. The third-order valence-corrected chi connectivity index (χ3v) is 16.3. The standard InChI is InChI=1S/C69H135NO5/c1-3-5-7-9-11-13-15-17-19-21-23-24-25-27-29-33-37-41-45-49-53-57-61-67(72)66(65-71)70-68(73)62-58-54-50-46-42-38-34-30-28-32-36-40-44-48-52-56-60-64-75-69(74)63-59-55-51-47-43-39-35-31-26-22-20-18-16-14-12-10-8-6-4-2/h18,20,66-67,71-72H,3-17,19,21-65H2,1-2H3,(H,70,73)/b20-18-. The molecule has 0 aliphatic heterocycles. The van der Waals surface area contributed by atoms with Gasteiger partial charge in [0.2, 0.25) is 5.91 Å². The van der Waals surface area contributed by atoms with Crippen LogP contribution in [-0.4, -0.2) is 47.4 Å². The maximum Gasteiger partial charge on any atom is 0.305 e. The molecular formula is C69H135NO5. The lowest BCUT2D eigenvalue weighted by atomic mass is 10.0. The third-order valence-electron chi connectivity index (χ3n) is 16.3. The Labute approximate surface area is 469 Å². The van der Waals surface area contributed by atoms with E-state index in [-0.39, 0.29) is 18.5 Å². The zero-order valence-corrected chi connectivity index (χ0v) is 51.1. The van der Waals surface area contributed by atoms with Gasteiger partial charge in [-0.1, -0.05) is 341 Å². The second kappa shape index (κ2) is 65.1. The third kappa shape index (κ3) is 61.7. The van der Waals surface area contributed by atoms with Crippen molar-refractivity contribution >= 4 is 11.9 Å². The molecule has 0 radical (unpaired) electrons. The molecular weight excluding hydrogens is 923 g/mol. The SMILES string of the molecule is CCCCCCCC/C=C\CCCCCCCCCCCC(=O)OCCCCCCCCCCCCCCCCCCCC(=O)NC(CO)C(O)CCCCCCCCCCCCCCCCCCCCCCCC. The number of hydrogen-bond donors (Lipinski definition) is 3. The number of hydrogen-bond acceptors (Lipinski definition) is 5. The average Bonchev–Trinajstić information content (AvgIpc) is 3.41. The van der Waals surface area contributed by atoms with E-state index in [1.54, 1.807) is 0 Å². The summed E-state index contributed by atoms with van der Waals surface area (Å²) >= 11 is 0. The molecule has 0 aromatic heterocycles. The molecule has 0 aromatic rings. The largest absolute Gasteiger partial charge is 0.466 e. The molecule has 0 bridgehead atoms. The fraction of sp³-hybridized carbons (Fsp3) is 0.942. The number of carbonyl (C=O) groups excluding carboxylic acids is 2. The van der Waals surface area contributed by atoms with Gasteiger partial charge in [-0.3, -0.25) is 9.59 Å². The van der Waals surface area contributed by atoms with E-state index in [1.165, 1.54) is 315 Å². The molecule has 3 N–H and O–H groups in total. The Morgan fingerprint density at radius 3 is 0.947 bits per heavy atom. The summed E-state index contributed by atoms with van der Waals surface area (Å²) in [4.78, 5) is 24.7. The fourth-order valence-corrected chi connectivity index (χ4v) is 11.1. The summed E-state index contributed by atoms with van der Waals surface area (Å²) < 4.78 is 5.50. The van der Waals surface area contributed by atoms with Crippen LogP contribution in [0.4, 0.5) is 0 Å². The Bertz CT molecular complexity index is 1130. The van der Waals surface area contributed by atoms with Crippen molar-refractivity contribution in [3.8, 4) is 0 Å². The molecule has 0 aromatic carbocycles. The van der Waals surface area contributed by atoms with E-state index in [1.807, 2.05) is 0 Å². The molecule has 0 saturated carbocycles. The van der Waals surface area contributed by atoms with Crippen molar-refractivity contribution in [2.24, 2.45) is 0 Å². The van der Waals surface area contributed by atoms with Crippen LogP contribution in [0, 0.1) is 0 Å². The van der Waals surface area contributed by atoms with Gasteiger partial charge >= 0.3 is 5.97 Å². The number of unbranched alkanes of at least 4 members (excludes halogenated alkanes) is 52. The van der Waals surface area contributed by atoms with Crippen molar-refractivity contribution in [3.63, 3.8) is 0 Å². The van der Waals surface area contributed by atoms with Gasteiger partial charge in [0.05, 0.1) is 25.4 Å². The Hall–Kier alpha value is -1.40. The van der Waals surface area contributed by atoms with Crippen molar-refractivity contribution in [1.82, 2.24) is 5.32 Å². The van der Waals surface area contributed by atoms with Crippen LogP contribution < -0.4 is 5.32 Å². The summed E-state index contributed by atoms with van der Waals surface area (Å²) in [5.41, 5.74) is 0. The number of aliphatic hydroxyl groups is 2. The van der Waals surface area contributed by atoms with E-state index in [9.17, 15) is 19.8 Å². The highest BCUT2D eigenvalue weighted by atomic mass is 16.5. The van der Waals surface area contributed by atoms with E-state index < -0.39 is 12.1 Å². The second-order valence-electron chi connectivity index (χ2n) is 23.9. The van der Waals surface area contributed by atoms with E-state index in [0.29, 0.717) is 25.9 Å². The number of nitrogens with one attached hydrogen (secondary N) is 1. The Morgan fingerprint density at radius 1 is 0.360 bits per heavy atom. The molecule has 2 unspecified atom stereocenters. The van der Waals surface area contributed by atoms with Gasteiger partial charge < -0.3 is 20.3 Å². The monoisotopic (exact) mass is 1060 g/mol. The van der Waals surface area contributed by atoms with Crippen LogP contribution in [0.2, 0.25) is 0 Å². The molecule has 6 nitrogen and oxygen atoms in total.